The molecule has 1 amide bonds. The Morgan fingerprint density at radius 1 is 1.14 bits per heavy atom. The number of carbonyl (C=O) groups excluding carboxylic acids is 1. The van der Waals surface area contributed by atoms with Crippen molar-refractivity contribution in [1.82, 2.24) is 14.4 Å². The second kappa shape index (κ2) is 7.33. The van der Waals surface area contributed by atoms with Gasteiger partial charge >= 0.3 is 0 Å². The van der Waals surface area contributed by atoms with Crippen molar-refractivity contribution in [1.29, 1.82) is 0 Å². The number of fused-ring (bicyclic) bond motifs is 1. The van der Waals surface area contributed by atoms with Crippen molar-refractivity contribution in [2.45, 2.75) is 6.92 Å². The number of amides is 1. The van der Waals surface area contributed by atoms with Gasteiger partial charge in [-0.2, -0.15) is 0 Å². The number of non-ortho nitro benzene ring substituents is 1. The molecule has 2 aromatic heterocycles. The van der Waals surface area contributed by atoms with E-state index < -0.39 is 10.8 Å². The molecule has 0 aliphatic carbocycles. The predicted octanol–water partition coefficient (Wildman–Crippen LogP) is 4.52. The van der Waals surface area contributed by atoms with Gasteiger partial charge < -0.3 is 5.32 Å². The highest BCUT2D eigenvalue weighted by atomic mass is 35.5. The summed E-state index contributed by atoms with van der Waals surface area (Å²) in [6.45, 7) is 1.91. The number of benzene rings is 2. The number of rotatable bonds is 4. The molecule has 0 bridgehead atoms. The normalized spacial score (nSPS) is 10.8. The van der Waals surface area contributed by atoms with Crippen molar-refractivity contribution in [3.05, 3.63) is 87.3 Å². The quantitative estimate of drug-likeness (QED) is 0.395. The maximum atomic E-state index is 12.4. The molecule has 0 aliphatic heterocycles. The minimum absolute atomic E-state index is 0.0146. The van der Waals surface area contributed by atoms with E-state index in [-0.39, 0.29) is 16.3 Å². The van der Waals surface area contributed by atoms with Crippen molar-refractivity contribution in [3.63, 3.8) is 0 Å². The number of hydrogen-bond acceptors (Lipinski definition) is 5. The Labute approximate surface area is 170 Å². The van der Waals surface area contributed by atoms with Gasteiger partial charge in [-0.3, -0.25) is 19.3 Å². The molecule has 144 valence electrons. The Kier molecular flexibility index (Phi) is 4.69. The number of nitro benzene ring substituents is 1. The summed E-state index contributed by atoms with van der Waals surface area (Å²) in [5.74, 6) is 0.162. The summed E-state index contributed by atoms with van der Waals surface area (Å²) in [4.78, 5) is 31.5. The zero-order valence-electron chi connectivity index (χ0n) is 15.2. The van der Waals surface area contributed by atoms with Crippen LogP contribution in [0.15, 0.2) is 60.9 Å². The Balaban J connectivity index is 1.53. The van der Waals surface area contributed by atoms with Crippen molar-refractivity contribution in [2.24, 2.45) is 0 Å². The molecular weight excluding hydrogens is 394 g/mol. The summed E-state index contributed by atoms with van der Waals surface area (Å²) in [7, 11) is 0. The van der Waals surface area contributed by atoms with E-state index in [2.05, 4.69) is 15.3 Å². The van der Waals surface area contributed by atoms with Gasteiger partial charge in [-0.25, -0.2) is 9.97 Å². The summed E-state index contributed by atoms with van der Waals surface area (Å²) < 4.78 is 1.84. The van der Waals surface area contributed by atoms with Crippen LogP contribution in [0.1, 0.15) is 16.1 Å². The smallest absolute Gasteiger partial charge is 0.270 e. The lowest BCUT2D eigenvalue weighted by Gasteiger charge is -2.07. The average Bonchev–Trinajstić information content (AvgIpc) is 3.11. The minimum atomic E-state index is -0.567. The molecule has 29 heavy (non-hydrogen) atoms. The van der Waals surface area contributed by atoms with Crippen molar-refractivity contribution < 1.29 is 9.72 Å². The molecule has 0 saturated carbocycles. The minimum Gasteiger partial charge on any atom is -0.322 e. The van der Waals surface area contributed by atoms with Crippen molar-refractivity contribution in [2.75, 3.05) is 5.32 Å². The first kappa shape index (κ1) is 18.6. The number of aryl methyl sites for hydroxylation is 1. The molecule has 2 aromatic carbocycles. The first-order valence-corrected chi connectivity index (χ1v) is 8.96. The van der Waals surface area contributed by atoms with E-state index in [4.69, 9.17) is 11.6 Å². The Hall–Kier alpha value is -3.78. The van der Waals surface area contributed by atoms with Crippen LogP contribution >= 0.6 is 11.6 Å². The van der Waals surface area contributed by atoms with E-state index in [1.54, 1.807) is 12.1 Å². The van der Waals surface area contributed by atoms with E-state index in [9.17, 15) is 14.9 Å². The lowest BCUT2D eigenvalue weighted by molar-refractivity contribution is -0.384. The Morgan fingerprint density at radius 3 is 2.59 bits per heavy atom. The molecule has 0 unspecified atom stereocenters. The first-order valence-electron chi connectivity index (χ1n) is 8.59. The number of carbonyl (C=O) groups is 1. The Morgan fingerprint density at radius 2 is 1.90 bits per heavy atom. The fourth-order valence-electron chi connectivity index (χ4n) is 2.82. The van der Waals surface area contributed by atoms with Gasteiger partial charge in [-0.15, -0.1) is 0 Å². The third-order valence-electron chi connectivity index (χ3n) is 4.31. The van der Waals surface area contributed by atoms with Crippen LogP contribution in [0.4, 0.5) is 11.4 Å². The lowest BCUT2D eigenvalue weighted by Crippen LogP contribution is -2.12. The van der Waals surface area contributed by atoms with E-state index >= 15 is 0 Å². The van der Waals surface area contributed by atoms with Crippen LogP contribution in [0.3, 0.4) is 0 Å². The monoisotopic (exact) mass is 407 g/mol. The molecule has 0 aliphatic rings. The molecule has 2 heterocycles. The summed E-state index contributed by atoms with van der Waals surface area (Å²) in [5, 5.41) is 13.5. The Bertz CT molecular complexity index is 1250. The molecule has 1 N–H and O–H groups in total. The average molecular weight is 408 g/mol. The van der Waals surface area contributed by atoms with Crippen molar-refractivity contribution >= 4 is 34.7 Å². The van der Waals surface area contributed by atoms with E-state index in [0.29, 0.717) is 11.5 Å². The highest BCUT2D eigenvalue weighted by Crippen LogP contribution is 2.25. The maximum absolute atomic E-state index is 12.4. The van der Waals surface area contributed by atoms with Crippen LogP contribution in [-0.4, -0.2) is 25.2 Å². The highest BCUT2D eigenvalue weighted by Gasteiger charge is 2.15. The van der Waals surface area contributed by atoms with Crippen LogP contribution in [0.25, 0.3) is 17.0 Å². The molecule has 0 fully saturated rings. The van der Waals surface area contributed by atoms with Gasteiger partial charge in [0.2, 0.25) is 5.78 Å². The van der Waals surface area contributed by atoms with Gasteiger partial charge in [0.15, 0.2) is 0 Å². The van der Waals surface area contributed by atoms with Crippen molar-refractivity contribution in [3.8, 4) is 11.3 Å². The van der Waals surface area contributed by atoms with Gasteiger partial charge in [-0.05, 0) is 31.2 Å². The summed E-state index contributed by atoms with van der Waals surface area (Å²) >= 11 is 6.01. The van der Waals surface area contributed by atoms with Crippen LogP contribution in [0, 0.1) is 17.0 Å². The van der Waals surface area contributed by atoms with Gasteiger partial charge in [0.25, 0.3) is 11.6 Å². The van der Waals surface area contributed by atoms with Gasteiger partial charge in [0.1, 0.15) is 0 Å². The largest absolute Gasteiger partial charge is 0.322 e. The number of aromatic nitrogens is 3. The molecule has 4 aromatic rings. The number of hydrogen-bond donors (Lipinski definition) is 1. The summed E-state index contributed by atoms with van der Waals surface area (Å²) in [6, 6.07) is 12.8. The number of nitro groups is 1. The summed E-state index contributed by atoms with van der Waals surface area (Å²) in [6.07, 6.45) is 3.78. The van der Waals surface area contributed by atoms with Crippen LogP contribution in [0.5, 0.6) is 0 Å². The number of halogens is 1. The van der Waals surface area contributed by atoms with Gasteiger partial charge in [0.05, 0.1) is 21.2 Å². The fourth-order valence-corrected chi connectivity index (χ4v) is 3.08. The number of nitrogens with one attached hydrogen (secondary N) is 1. The molecule has 0 saturated heterocycles. The van der Waals surface area contributed by atoms with Gasteiger partial charge in [-0.1, -0.05) is 23.7 Å². The number of anilines is 1. The number of imidazole rings is 1. The standard InChI is InChI=1S/C20H14ClN5O3/c1-12-8-9-25-11-18(24-20(25)22-12)13-2-4-14(5-3-13)23-19(27)16-7-6-15(26(28)29)10-17(16)21/h2-11H,1H3,(H,23,27). The molecular formula is C20H14ClN5O3. The molecule has 8 nitrogen and oxygen atoms in total. The van der Waals surface area contributed by atoms with E-state index in [0.717, 1.165) is 23.0 Å². The van der Waals surface area contributed by atoms with E-state index in [1.807, 2.05) is 41.9 Å². The lowest BCUT2D eigenvalue weighted by atomic mass is 10.1. The topological polar surface area (TPSA) is 102 Å². The molecule has 4 rings (SSSR count). The zero-order valence-corrected chi connectivity index (χ0v) is 15.9. The maximum Gasteiger partial charge on any atom is 0.270 e. The first-order chi connectivity index (χ1) is 13.9. The fraction of sp³-hybridized carbons (Fsp3) is 0.0500. The predicted molar refractivity (Wildman–Crippen MR) is 109 cm³/mol. The second-order valence-corrected chi connectivity index (χ2v) is 6.76. The number of nitrogens with zero attached hydrogens (tertiary/aromatic N) is 4. The molecule has 0 radical (unpaired) electrons. The van der Waals surface area contributed by atoms with Crippen LogP contribution in [0.2, 0.25) is 5.02 Å². The summed E-state index contributed by atoms with van der Waals surface area (Å²) in [5.41, 5.74) is 3.07. The van der Waals surface area contributed by atoms with E-state index in [1.165, 1.54) is 12.1 Å². The molecule has 0 atom stereocenters. The third-order valence-corrected chi connectivity index (χ3v) is 4.62. The highest BCUT2D eigenvalue weighted by molar-refractivity contribution is 6.34. The molecule has 9 heteroatoms. The second-order valence-electron chi connectivity index (χ2n) is 6.36. The zero-order chi connectivity index (χ0) is 20.5. The van der Waals surface area contributed by atoms with Crippen LogP contribution in [-0.2, 0) is 0 Å². The SMILES string of the molecule is Cc1ccn2cc(-c3ccc(NC(=O)c4ccc([N+](=O)[O-])cc4Cl)cc3)nc2n1. The third kappa shape index (κ3) is 3.78. The van der Waals surface area contributed by atoms with Gasteiger partial charge in [0, 0.05) is 41.5 Å². The molecule has 0 spiro atoms. The van der Waals surface area contributed by atoms with Crippen LogP contribution < -0.4 is 5.32 Å².